The van der Waals surface area contributed by atoms with Crippen LogP contribution in [-0.2, 0) is 16.0 Å². The lowest BCUT2D eigenvalue weighted by molar-refractivity contribution is 0.0323. The average Bonchev–Trinajstić information content (AvgIpc) is 3.02. The fourth-order valence-corrected chi connectivity index (χ4v) is 5.33. The van der Waals surface area contributed by atoms with E-state index in [1.165, 1.54) is 0 Å². The molecule has 0 radical (unpaired) electrons. The van der Waals surface area contributed by atoms with Crippen molar-refractivity contribution in [3.63, 3.8) is 0 Å². The van der Waals surface area contributed by atoms with Crippen molar-refractivity contribution >= 4 is 28.3 Å². The van der Waals surface area contributed by atoms with E-state index in [1.54, 1.807) is 0 Å². The number of rotatable bonds is 10. The van der Waals surface area contributed by atoms with Crippen LogP contribution < -0.4 is 15.5 Å². The minimum absolute atomic E-state index is 0.108. The van der Waals surface area contributed by atoms with Gasteiger partial charge in [-0.15, -0.1) is 5.11 Å². The highest BCUT2D eigenvalue weighted by Crippen LogP contribution is 2.38. The van der Waals surface area contributed by atoms with Crippen molar-refractivity contribution < 1.29 is 19.0 Å². The molecule has 2 heterocycles. The lowest BCUT2D eigenvalue weighted by atomic mass is 9.83. The van der Waals surface area contributed by atoms with Gasteiger partial charge in [0.1, 0.15) is 18.1 Å². The average molecular weight is 613 g/mol. The fraction of sp³-hybridized carbons (Fsp3) is 0.400. The third kappa shape index (κ3) is 8.69. The number of ether oxygens (including phenoxy) is 3. The summed E-state index contributed by atoms with van der Waals surface area (Å²) in [5.41, 5.74) is 6.89. The Morgan fingerprint density at radius 1 is 1.02 bits per heavy atom. The smallest absolute Gasteiger partial charge is 0.341 e. The molecule has 0 atom stereocenters. The van der Waals surface area contributed by atoms with Gasteiger partial charge in [-0.05, 0) is 48.8 Å². The zero-order valence-corrected chi connectivity index (χ0v) is 26.9. The number of hydrogen-bond acceptors (Lipinski definition) is 8. The van der Waals surface area contributed by atoms with E-state index in [4.69, 9.17) is 14.2 Å². The van der Waals surface area contributed by atoms with Gasteiger partial charge in [0.25, 0.3) is 0 Å². The molecule has 238 valence electrons. The normalized spacial score (nSPS) is 16.2. The summed E-state index contributed by atoms with van der Waals surface area (Å²) in [6, 6.07) is 19.3. The summed E-state index contributed by atoms with van der Waals surface area (Å²) in [6.45, 7) is 12.0. The van der Waals surface area contributed by atoms with E-state index < -0.39 is 6.03 Å². The van der Waals surface area contributed by atoms with Crippen LogP contribution in [0.1, 0.15) is 38.3 Å². The number of morpholine rings is 1. The summed E-state index contributed by atoms with van der Waals surface area (Å²) < 4.78 is 17.7. The van der Waals surface area contributed by atoms with Crippen molar-refractivity contribution in [2.24, 2.45) is 15.8 Å². The van der Waals surface area contributed by atoms with Gasteiger partial charge in [-0.2, -0.15) is 0 Å². The van der Waals surface area contributed by atoms with Gasteiger partial charge in [-0.25, -0.2) is 10.2 Å². The number of allylic oxidation sites excluding steroid dienone is 1. The molecule has 5 rings (SSSR count). The molecule has 0 bridgehead atoms. The van der Waals surface area contributed by atoms with E-state index in [0.717, 1.165) is 72.6 Å². The summed E-state index contributed by atoms with van der Waals surface area (Å²) in [4.78, 5) is 17.4. The van der Waals surface area contributed by atoms with Crippen LogP contribution in [0.25, 0.3) is 16.5 Å². The van der Waals surface area contributed by atoms with Crippen LogP contribution >= 0.6 is 0 Å². The first kappa shape index (κ1) is 32.2. The second-order valence-corrected chi connectivity index (χ2v) is 12.6. The summed E-state index contributed by atoms with van der Waals surface area (Å²) in [5, 5.41) is 13.2. The van der Waals surface area contributed by atoms with Gasteiger partial charge in [0, 0.05) is 48.9 Å². The number of urea groups is 1. The van der Waals surface area contributed by atoms with Crippen molar-refractivity contribution in [1.29, 1.82) is 0 Å². The SMILES string of the molecule is CN(C)Cc1cccc(C2=C(N=NNC(=O)Nc3ccc(OCCN4CCOCC4)c4ccccc34)CC(C(C)(C)C)=CO2)c1. The second-order valence-electron chi connectivity index (χ2n) is 12.6. The zero-order valence-electron chi connectivity index (χ0n) is 26.9. The number of nitrogens with one attached hydrogen (secondary N) is 2. The van der Waals surface area contributed by atoms with E-state index >= 15 is 0 Å². The third-order valence-electron chi connectivity index (χ3n) is 7.81. The molecular weight excluding hydrogens is 568 g/mol. The van der Waals surface area contributed by atoms with Gasteiger partial charge in [0.05, 0.1) is 25.2 Å². The summed E-state index contributed by atoms with van der Waals surface area (Å²) in [7, 11) is 4.08. The molecule has 2 amide bonds. The number of fused-ring (bicyclic) bond motifs is 1. The number of carbonyl (C=O) groups excluding carboxylic acids is 1. The maximum Gasteiger partial charge on any atom is 0.341 e. The molecule has 10 nitrogen and oxygen atoms in total. The molecule has 2 aliphatic rings. The third-order valence-corrected chi connectivity index (χ3v) is 7.81. The molecule has 10 heteroatoms. The van der Waals surface area contributed by atoms with Crippen LogP contribution in [-0.4, -0.2) is 69.4 Å². The van der Waals surface area contributed by atoms with Crippen LogP contribution in [0.4, 0.5) is 10.5 Å². The molecule has 1 fully saturated rings. The minimum atomic E-state index is -0.497. The van der Waals surface area contributed by atoms with Crippen LogP contribution in [0.3, 0.4) is 0 Å². The summed E-state index contributed by atoms with van der Waals surface area (Å²) in [5.74, 6) is 1.41. The van der Waals surface area contributed by atoms with Crippen LogP contribution in [0.15, 0.2) is 88.5 Å². The number of anilines is 1. The predicted molar refractivity (Wildman–Crippen MR) is 178 cm³/mol. The molecule has 1 saturated heterocycles. The Bertz CT molecular complexity index is 1580. The summed E-state index contributed by atoms with van der Waals surface area (Å²) in [6.07, 6.45) is 2.37. The highest BCUT2D eigenvalue weighted by Gasteiger charge is 2.26. The van der Waals surface area contributed by atoms with Crippen molar-refractivity contribution in [3.05, 3.63) is 89.3 Å². The Kier molecular flexibility index (Phi) is 10.5. The topological polar surface area (TPSA) is 100 Å². The van der Waals surface area contributed by atoms with Crippen LogP contribution in [0, 0.1) is 5.41 Å². The highest BCUT2D eigenvalue weighted by molar-refractivity contribution is 6.03. The molecule has 0 aliphatic carbocycles. The van der Waals surface area contributed by atoms with Crippen molar-refractivity contribution in [3.8, 4) is 5.75 Å². The molecule has 3 aromatic rings. The Morgan fingerprint density at radius 3 is 2.56 bits per heavy atom. The number of amides is 2. The Balaban J connectivity index is 1.28. The Morgan fingerprint density at radius 2 is 1.80 bits per heavy atom. The van der Waals surface area contributed by atoms with Crippen molar-refractivity contribution in [1.82, 2.24) is 15.2 Å². The predicted octanol–water partition coefficient (Wildman–Crippen LogP) is 6.82. The van der Waals surface area contributed by atoms with Gasteiger partial charge in [-0.3, -0.25) is 4.90 Å². The Labute approximate surface area is 265 Å². The molecule has 3 aromatic carbocycles. The molecule has 2 N–H and O–H groups in total. The maximum absolute atomic E-state index is 13.0. The van der Waals surface area contributed by atoms with Gasteiger partial charge < -0.3 is 24.4 Å². The first-order chi connectivity index (χ1) is 21.7. The highest BCUT2D eigenvalue weighted by atomic mass is 16.5. The largest absolute Gasteiger partial charge is 0.492 e. The van der Waals surface area contributed by atoms with Gasteiger partial charge >= 0.3 is 6.03 Å². The van der Waals surface area contributed by atoms with Crippen LogP contribution in [0.2, 0.25) is 0 Å². The van der Waals surface area contributed by atoms with Gasteiger partial charge in [-0.1, -0.05) is 68.5 Å². The molecule has 45 heavy (non-hydrogen) atoms. The molecule has 2 aliphatic heterocycles. The number of carbonyl (C=O) groups is 1. The maximum atomic E-state index is 13.0. The molecular formula is C35H44N6O4. The Hall–Kier alpha value is -4.25. The second kappa shape index (κ2) is 14.7. The number of benzene rings is 3. The van der Waals surface area contributed by atoms with E-state index in [0.29, 0.717) is 30.2 Å². The van der Waals surface area contributed by atoms with E-state index in [1.807, 2.05) is 68.9 Å². The van der Waals surface area contributed by atoms with Gasteiger partial charge in [0.15, 0.2) is 5.76 Å². The summed E-state index contributed by atoms with van der Waals surface area (Å²) >= 11 is 0. The quantitative estimate of drug-likeness (QED) is 0.193. The minimum Gasteiger partial charge on any atom is -0.492 e. The molecule has 0 aromatic heterocycles. The first-order valence-electron chi connectivity index (χ1n) is 15.4. The molecule has 0 unspecified atom stereocenters. The fourth-order valence-electron chi connectivity index (χ4n) is 5.33. The first-order valence-corrected chi connectivity index (χ1v) is 15.4. The van der Waals surface area contributed by atoms with Crippen LogP contribution in [0.5, 0.6) is 5.75 Å². The lowest BCUT2D eigenvalue weighted by Gasteiger charge is -2.27. The standard InChI is InChI=1S/C35H44N6O4/c1-35(2,3)27-22-31(33(45-24-27)26-10-8-9-25(21-26)23-40(4)5)37-39-38-34(42)36-30-13-14-32(29-12-7-6-11-28(29)30)44-20-17-41-15-18-43-19-16-41/h6-14,21,24H,15-20,22-23H2,1-5H3,(H2,36,37,38,42). The van der Waals surface area contributed by atoms with Crippen molar-refractivity contribution in [2.45, 2.75) is 33.7 Å². The molecule has 0 saturated carbocycles. The van der Waals surface area contributed by atoms with Crippen molar-refractivity contribution in [2.75, 3.05) is 58.9 Å². The number of nitrogens with zero attached hydrogens (tertiary/aromatic N) is 4. The van der Waals surface area contributed by atoms with Gasteiger partial charge in [0.2, 0.25) is 0 Å². The number of hydrogen-bond donors (Lipinski definition) is 2. The van der Waals surface area contributed by atoms with E-state index in [2.05, 4.69) is 63.8 Å². The molecule has 0 spiro atoms. The zero-order chi connectivity index (χ0) is 31.8. The lowest BCUT2D eigenvalue weighted by Crippen LogP contribution is -2.38. The monoisotopic (exact) mass is 612 g/mol. The van der Waals surface area contributed by atoms with E-state index in [9.17, 15) is 4.79 Å². The van der Waals surface area contributed by atoms with E-state index in [-0.39, 0.29) is 5.41 Å².